The predicted molar refractivity (Wildman–Crippen MR) is 78.9 cm³/mol. The van der Waals surface area contributed by atoms with Gasteiger partial charge in [-0.25, -0.2) is 0 Å². The molecule has 0 aromatic rings. The highest BCUT2D eigenvalue weighted by Crippen LogP contribution is 2.15. The van der Waals surface area contributed by atoms with Crippen molar-refractivity contribution in [2.24, 2.45) is 16.6 Å². The van der Waals surface area contributed by atoms with E-state index >= 15 is 0 Å². The Morgan fingerprint density at radius 1 is 1.44 bits per heavy atom. The van der Waals surface area contributed by atoms with Gasteiger partial charge in [-0.3, -0.25) is 4.99 Å². The molecular formula is C14H30N4. The summed E-state index contributed by atoms with van der Waals surface area (Å²) >= 11 is 0. The maximum Gasteiger partial charge on any atom is 0.188 e. The van der Waals surface area contributed by atoms with Crippen molar-refractivity contribution < 1.29 is 0 Å². The largest absolute Gasteiger partial charge is 0.370 e. The van der Waals surface area contributed by atoms with Crippen LogP contribution < -0.4 is 11.1 Å². The standard InChI is InChI=1S/C14H30N4/c1-3-4-8-16-14(15)17-9-6-11-18-10-5-7-13(2)12-18/h13H,3-12H2,1-2H3,(H3,15,16,17). The summed E-state index contributed by atoms with van der Waals surface area (Å²) in [5.74, 6) is 1.47. The molecule has 0 aromatic heterocycles. The number of piperidine rings is 1. The minimum Gasteiger partial charge on any atom is -0.370 e. The van der Waals surface area contributed by atoms with E-state index in [0.29, 0.717) is 5.96 Å². The first-order valence-electron chi connectivity index (χ1n) is 7.48. The van der Waals surface area contributed by atoms with Gasteiger partial charge in [-0.05, 0) is 44.7 Å². The second-order valence-electron chi connectivity index (χ2n) is 5.45. The molecule has 0 saturated carbocycles. The summed E-state index contributed by atoms with van der Waals surface area (Å²) in [5, 5.41) is 3.14. The van der Waals surface area contributed by atoms with Crippen molar-refractivity contribution in [2.45, 2.75) is 46.0 Å². The van der Waals surface area contributed by atoms with Crippen molar-refractivity contribution in [2.75, 3.05) is 32.7 Å². The van der Waals surface area contributed by atoms with Gasteiger partial charge >= 0.3 is 0 Å². The van der Waals surface area contributed by atoms with Gasteiger partial charge in [0.05, 0.1) is 0 Å². The molecule has 0 spiro atoms. The Morgan fingerprint density at radius 2 is 2.28 bits per heavy atom. The molecule has 1 aliphatic heterocycles. The second-order valence-corrected chi connectivity index (χ2v) is 5.45. The number of unbranched alkanes of at least 4 members (excludes halogenated alkanes) is 1. The molecule has 0 aromatic carbocycles. The van der Waals surface area contributed by atoms with E-state index in [1.807, 2.05) is 0 Å². The fourth-order valence-corrected chi connectivity index (χ4v) is 2.43. The molecule has 0 radical (unpaired) electrons. The third kappa shape index (κ3) is 6.84. The third-order valence-corrected chi connectivity index (χ3v) is 3.49. The van der Waals surface area contributed by atoms with Gasteiger partial charge in [0.15, 0.2) is 5.96 Å². The first-order valence-corrected chi connectivity index (χ1v) is 7.48. The maximum absolute atomic E-state index is 5.78. The van der Waals surface area contributed by atoms with E-state index in [1.165, 1.54) is 32.4 Å². The number of rotatable bonds is 7. The molecule has 0 bridgehead atoms. The number of nitrogens with one attached hydrogen (secondary N) is 1. The van der Waals surface area contributed by atoms with Gasteiger partial charge < -0.3 is 16.0 Å². The Labute approximate surface area is 112 Å². The Morgan fingerprint density at radius 3 is 3.00 bits per heavy atom. The third-order valence-electron chi connectivity index (χ3n) is 3.49. The van der Waals surface area contributed by atoms with Crippen LogP contribution in [0.5, 0.6) is 0 Å². The molecule has 1 rings (SSSR count). The van der Waals surface area contributed by atoms with Crippen LogP contribution in [-0.2, 0) is 0 Å². The van der Waals surface area contributed by atoms with Gasteiger partial charge in [-0.1, -0.05) is 20.3 Å². The number of hydrogen-bond acceptors (Lipinski definition) is 2. The van der Waals surface area contributed by atoms with Crippen LogP contribution >= 0.6 is 0 Å². The van der Waals surface area contributed by atoms with Crippen molar-refractivity contribution >= 4 is 5.96 Å². The van der Waals surface area contributed by atoms with Crippen LogP contribution in [0.1, 0.15) is 46.0 Å². The summed E-state index contributed by atoms with van der Waals surface area (Å²) in [5.41, 5.74) is 5.78. The van der Waals surface area contributed by atoms with E-state index in [-0.39, 0.29) is 0 Å². The van der Waals surface area contributed by atoms with Crippen molar-refractivity contribution in [3.8, 4) is 0 Å². The molecule has 0 aliphatic carbocycles. The number of hydrogen-bond donors (Lipinski definition) is 2. The Hall–Kier alpha value is -0.770. The van der Waals surface area contributed by atoms with Crippen LogP contribution in [0.15, 0.2) is 4.99 Å². The van der Waals surface area contributed by atoms with Gasteiger partial charge in [-0.15, -0.1) is 0 Å². The summed E-state index contributed by atoms with van der Waals surface area (Å²) in [6.07, 6.45) is 6.20. The van der Waals surface area contributed by atoms with E-state index in [0.717, 1.165) is 38.4 Å². The normalized spacial score (nSPS) is 22.1. The van der Waals surface area contributed by atoms with Crippen molar-refractivity contribution in [3.05, 3.63) is 0 Å². The number of aliphatic imine (C=N–C) groups is 1. The molecule has 4 heteroatoms. The summed E-state index contributed by atoms with van der Waals surface area (Å²) in [4.78, 5) is 6.92. The summed E-state index contributed by atoms with van der Waals surface area (Å²) in [7, 11) is 0. The summed E-state index contributed by atoms with van der Waals surface area (Å²) < 4.78 is 0. The molecule has 1 heterocycles. The van der Waals surface area contributed by atoms with Crippen LogP contribution in [0.25, 0.3) is 0 Å². The molecule has 18 heavy (non-hydrogen) atoms. The lowest BCUT2D eigenvalue weighted by Crippen LogP contribution is -2.35. The Kier molecular flexibility index (Phi) is 7.81. The maximum atomic E-state index is 5.78. The lowest BCUT2D eigenvalue weighted by Gasteiger charge is -2.30. The fourth-order valence-electron chi connectivity index (χ4n) is 2.43. The van der Waals surface area contributed by atoms with Gasteiger partial charge in [0.1, 0.15) is 0 Å². The van der Waals surface area contributed by atoms with Gasteiger partial charge in [0.2, 0.25) is 0 Å². The van der Waals surface area contributed by atoms with Crippen molar-refractivity contribution in [3.63, 3.8) is 0 Å². The molecule has 1 saturated heterocycles. The first-order chi connectivity index (χ1) is 8.72. The zero-order valence-electron chi connectivity index (χ0n) is 12.1. The van der Waals surface area contributed by atoms with E-state index in [4.69, 9.17) is 5.73 Å². The van der Waals surface area contributed by atoms with Gasteiger partial charge in [-0.2, -0.15) is 0 Å². The summed E-state index contributed by atoms with van der Waals surface area (Å²) in [6.45, 7) is 9.99. The number of nitrogens with two attached hydrogens (primary N) is 1. The summed E-state index contributed by atoms with van der Waals surface area (Å²) in [6, 6.07) is 0. The molecule has 3 N–H and O–H groups in total. The minimum atomic E-state index is 0.607. The van der Waals surface area contributed by atoms with Crippen molar-refractivity contribution in [1.29, 1.82) is 0 Å². The van der Waals surface area contributed by atoms with Crippen LogP contribution in [-0.4, -0.2) is 43.6 Å². The number of nitrogens with zero attached hydrogens (tertiary/aromatic N) is 2. The molecule has 1 fully saturated rings. The minimum absolute atomic E-state index is 0.607. The van der Waals surface area contributed by atoms with E-state index < -0.39 is 0 Å². The molecule has 0 amide bonds. The van der Waals surface area contributed by atoms with Crippen LogP contribution in [0.3, 0.4) is 0 Å². The quantitative estimate of drug-likeness (QED) is 0.414. The molecule has 1 aliphatic rings. The van der Waals surface area contributed by atoms with Crippen molar-refractivity contribution in [1.82, 2.24) is 10.2 Å². The lowest BCUT2D eigenvalue weighted by atomic mass is 10.0. The van der Waals surface area contributed by atoms with Crippen LogP contribution in [0.4, 0.5) is 0 Å². The smallest absolute Gasteiger partial charge is 0.188 e. The van der Waals surface area contributed by atoms with Gasteiger partial charge in [0.25, 0.3) is 0 Å². The van der Waals surface area contributed by atoms with E-state index in [9.17, 15) is 0 Å². The molecule has 106 valence electrons. The highest BCUT2D eigenvalue weighted by Gasteiger charge is 2.14. The number of likely N-dealkylation sites (tertiary alicyclic amines) is 1. The van der Waals surface area contributed by atoms with Crippen LogP contribution in [0.2, 0.25) is 0 Å². The number of guanidine groups is 1. The average Bonchev–Trinajstić information content (AvgIpc) is 2.35. The van der Waals surface area contributed by atoms with E-state index in [2.05, 4.69) is 29.1 Å². The SMILES string of the molecule is CCCCNC(N)=NCCCN1CCCC(C)C1. The average molecular weight is 254 g/mol. The Bertz CT molecular complexity index is 240. The second kappa shape index (κ2) is 9.20. The van der Waals surface area contributed by atoms with E-state index in [1.54, 1.807) is 0 Å². The lowest BCUT2D eigenvalue weighted by molar-refractivity contribution is 0.183. The highest BCUT2D eigenvalue weighted by molar-refractivity contribution is 5.77. The molecule has 1 atom stereocenters. The van der Waals surface area contributed by atoms with Crippen LogP contribution in [0, 0.1) is 5.92 Å². The fraction of sp³-hybridized carbons (Fsp3) is 0.929. The zero-order chi connectivity index (χ0) is 13.2. The zero-order valence-corrected chi connectivity index (χ0v) is 12.1. The topological polar surface area (TPSA) is 53.6 Å². The Balaban J connectivity index is 2.04. The van der Waals surface area contributed by atoms with Gasteiger partial charge in [0, 0.05) is 19.6 Å². The molecular weight excluding hydrogens is 224 g/mol. The predicted octanol–water partition coefficient (Wildman–Crippen LogP) is 1.81. The highest BCUT2D eigenvalue weighted by atomic mass is 15.1. The molecule has 1 unspecified atom stereocenters. The molecule has 4 nitrogen and oxygen atoms in total. The first kappa shape index (κ1) is 15.3. The monoisotopic (exact) mass is 254 g/mol.